The van der Waals surface area contributed by atoms with Crippen LogP contribution in [0.15, 0.2) is 35.4 Å². The van der Waals surface area contributed by atoms with Gasteiger partial charge in [0.25, 0.3) is 11.5 Å². The van der Waals surface area contributed by atoms with Crippen molar-refractivity contribution in [3.05, 3.63) is 63.2 Å². The minimum atomic E-state index is -0.515. The molecule has 6 heteroatoms. The van der Waals surface area contributed by atoms with Crippen molar-refractivity contribution in [1.82, 2.24) is 9.38 Å². The summed E-state index contributed by atoms with van der Waals surface area (Å²) in [5.74, 6) is -0.397. The number of hydrogen-bond donors (Lipinski definition) is 3. The number of aromatic nitrogens is 2. The first-order valence-corrected chi connectivity index (χ1v) is 10.2. The Morgan fingerprint density at radius 3 is 2.30 bits per heavy atom. The second kappa shape index (κ2) is 7.35. The number of anilines is 1. The Balaban J connectivity index is 0.00000341. The molecule has 0 atom stereocenters. The average Bonchev–Trinajstić information content (AvgIpc) is 3.04. The minimum Gasteiger partial charge on any atom is -0.508 e. The number of aromatic amines is 1. The summed E-state index contributed by atoms with van der Waals surface area (Å²) in [6.45, 7) is 14.2. The third-order valence-corrected chi connectivity index (χ3v) is 5.34. The van der Waals surface area contributed by atoms with Crippen molar-refractivity contribution >= 4 is 17.2 Å². The molecule has 2 heterocycles. The quantitative estimate of drug-likeness (QED) is 0.567. The molecule has 0 aliphatic carbocycles. The van der Waals surface area contributed by atoms with Crippen molar-refractivity contribution in [3.63, 3.8) is 0 Å². The zero-order valence-corrected chi connectivity index (χ0v) is 18.8. The number of carbonyl (C=O) groups excluding carboxylic acids is 1. The highest BCUT2D eigenvalue weighted by Crippen LogP contribution is 2.39. The standard InChI is InChI=1S/C24H31N3O3.H2/c1-8-14-9-20-25-12-15(22(30)27(20)13-14)21(29)26-18-11-19(28)17(24(5,6)7)10-16(18)23(2,3)4;/h9-13,25,28H,8H2,1-7H3,(H,26,29);1H. The predicted octanol–water partition coefficient (Wildman–Crippen LogP) is 4.99. The number of rotatable bonds is 3. The fourth-order valence-electron chi connectivity index (χ4n) is 3.59. The van der Waals surface area contributed by atoms with Crippen LogP contribution in [0.25, 0.3) is 5.65 Å². The van der Waals surface area contributed by atoms with E-state index in [0.717, 1.165) is 23.1 Å². The summed E-state index contributed by atoms with van der Waals surface area (Å²) in [5.41, 5.74) is 2.97. The molecule has 1 aromatic carbocycles. The summed E-state index contributed by atoms with van der Waals surface area (Å²) < 4.78 is 1.46. The first-order chi connectivity index (χ1) is 13.8. The molecule has 1 amide bonds. The smallest absolute Gasteiger partial charge is 0.270 e. The SMILES string of the molecule is CCc1cc2[nH]cc(C(=O)Nc3cc(O)c(C(C)(C)C)cc3C(C)(C)C)c(=O)n2c1.[HH]. The fourth-order valence-corrected chi connectivity index (χ4v) is 3.59. The first kappa shape index (κ1) is 21.7. The second-order valence-corrected chi connectivity index (χ2v) is 9.83. The number of amides is 1. The summed E-state index contributed by atoms with van der Waals surface area (Å²) >= 11 is 0. The maximum Gasteiger partial charge on any atom is 0.270 e. The summed E-state index contributed by atoms with van der Waals surface area (Å²) in [6.07, 6.45) is 3.98. The molecule has 3 rings (SSSR count). The van der Waals surface area contributed by atoms with E-state index in [1.807, 2.05) is 60.6 Å². The van der Waals surface area contributed by atoms with Crippen LogP contribution in [0.5, 0.6) is 5.75 Å². The molecule has 3 N–H and O–H groups in total. The molecule has 30 heavy (non-hydrogen) atoms. The van der Waals surface area contributed by atoms with E-state index in [1.54, 1.807) is 12.3 Å². The van der Waals surface area contributed by atoms with Gasteiger partial charge in [0.05, 0.1) is 0 Å². The molecule has 0 bridgehead atoms. The molecule has 6 nitrogen and oxygen atoms in total. The molecule has 0 saturated carbocycles. The second-order valence-electron chi connectivity index (χ2n) is 9.83. The molecule has 0 fully saturated rings. The number of phenolic OH excluding ortho intramolecular Hbond substituents is 1. The number of nitrogens with zero attached hydrogens (tertiary/aromatic N) is 1. The van der Waals surface area contributed by atoms with E-state index in [-0.39, 0.29) is 29.1 Å². The number of H-pyrrole nitrogens is 1. The van der Waals surface area contributed by atoms with Gasteiger partial charge in [-0.25, -0.2) is 0 Å². The van der Waals surface area contributed by atoms with Gasteiger partial charge in [-0.05, 0) is 46.1 Å². The zero-order chi connectivity index (χ0) is 22.4. The third-order valence-electron chi connectivity index (χ3n) is 5.34. The molecular weight excluding hydrogens is 378 g/mol. The Morgan fingerprint density at radius 1 is 1.10 bits per heavy atom. The number of hydrogen-bond acceptors (Lipinski definition) is 3. The highest BCUT2D eigenvalue weighted by atomic mass is 16.3. The fraction of sp³-hybridized carbons (Fsp3) is 0.417. The van der Waals surface area contributed by atoms with Crippen LogP contribution in [0.3, 0.4) is 0 Å². The lowest BCUT2D eigenvalue weighted by atomic mass is 9.79. The van der Waals surface area contributed by atoms with Crippen LogP contribution in [-0.2, 0) is 17.3 Å². The molecule has 0 aliphatic heterocycles. The number of aromatic hydroxyl groups is 1. The maximum absolute atomic E-state index is 13.0. The van der Waals surface area contributed by atoms with E-state index in [2.05, 4.69) is 10.3 Å². The Bertz CT molecular complexity index is 1180. The number of aryl methyl sites for hydroxylation is 1. The molecule has 0 spiro atoms. The van der Waals surface area contributed by atoms with Gasteiger partial charge in [-0.1, -0.05) is 48.5 Å². The largest absolute Gasteiger partial charge is 0.508 e. The van der Waals surface area contributed by atoms with Crippen molar-refractivity contribution < 1.29 is 11.3 Å². The summed E-state index contributed by atoms with van der Waals surface area (Å²) in [6, 6.07) is 5.42. The number of benzene rings is 1. The van der Waals surface area contributed by atoms with E-state index in [0.29, 0.717) is 11.3 Å². The lowest BCUT2D eigenvalue weighted by Crippen LogP contribution is -2.27. The van der Waals surface area contributed by atoms with Gasteiger partial charge in [-0.3, -0.25) is 14.0 Å². The Morgan fingerprint density at radius 2 is 1.73 bits per heavy atom. The van der Waals surface area contributed by atoms with E-state index in [9.17, 15) is 14.7 Å². The molecule has 162 valence electrons. The minimum absolute atomic E-state index is 0. The number of phenols is 1. The van der Waals surface area contributed by atoms with Gasteiger partial charge in [-0.15, -0.1) is 0 Å². The van der Waals surface area contributed by atoms with Crippen molar-refractivity contribution in [1.29, 1.82) is 0 Å². The van der Waals surface area contributed by atoms with Gasteiger partial charge in [0, 0.05) is 25.6 Å². The van der Waals surface area contributed by atoms with E-state index in [1.165, 1.54) is 10.6 Å². The van der Waals surface area contributed by atoms with Gasteiger partial charge < -0.3 is 15.4 Å². The van der Waals surface area contributed by atoms with Crippen molar-refractivity contribution in [2.75, 3.05) is 5.32 Å². The lowest BCUT2D eigenvalue weighted by molar-refractivity contribution is 0.102. The summed E-state index contributed by atoms with van der Waals surface area (Å²) in [4.78, 5) is 28.9. The van der Waals surface area contributed by atoms with Crippen LogP contribution in [0.4, 0.5) is 5.69 Å². The van der Waals surface area contributed by atoms with Crippen LogP contribution < -0.4 is 10.9 Å². The van der Waals surface area contributed by atoms with Crippen LogP contribution in [0.1, 0.15) is 76.9 Å². The van der Waals surface area contributed by atoms with Gasteiger partial charge in [0.1, 0.15) is 17.0 Å². The van der Waals surface area contributed by atoms with Gasteiger partial charge in [0.15, 0.2) is 0 Å². The van der Waals surface area contributed by atoms with Crippen LogP contribution >= 0.6 is 0 Å². The van der Waals surface area contributed by atoms with Gasteiger partial charge >= 0.3 is 0 Å². The normalized spacial score (nSPS) is 12.4. The van der Waals surface area contributed by atoms with Crippen LogP contribution in [-0.4, -0.2) is 20.4 Å². The Kier molecular flexibility index (Phi) is 5.31. The molecule has 3 aromatic rings. The van der Waals surface area contributed by atoms with Crippen molar-refractivity contribution in [2.24, 2.45) is 0 Å². The molecule has 0 saturated heterocycles. The topological polar surface area (TPSA) is 86.6 Å². The molecule has 0 radical (unpaired) electrons. The maximum atomic E-state index is 13.0. The molecular formula is C24H33N3O3. The third kappa shape index (κ3) is 3.99. The summed E-state index contributed by atoms with van der Waals surface area (Å²) in [5, 5.41) is 13.5. The number of nitrogens with one attached hydrogen (secondary N) is 2. The van der Waals surface area contributed by atoms with E-state index in [4.69, 9.17) is 0 Å². The van der Waals surface area contributed by atoms with Crippen molar-refractivity contribution in [2.45, 2.75) is 65.7 Å². The highest BCUT2D eigenvalue weighted by Gasteiger charge is 2.26. The summed E-state index contributed by atoms with van der Waals surface area (Å²) in [7, 11) is 0. The van der Waals surface area contributed by atoms with Crippen LogP contribution in [0.2, 0.25) is 0 Å². The number of carbonyl (C=O) groups is 1. The Labute approximate surface area is 178 Å². The van der Waals surface area contributed by atoms with Gasteiger partial charge in [-0.2, -0.15) is 0 Å². The van der Waals surface area contributed by atoms with Gasteiger partial charge in [0.2, 0.25) is 0 Å². The first-order valence-electron chi connectivity index (χ1n) is 10.2. The predicted molar refractivity (Wildman–Crippen MR) is 123 cm³/mol. The van der Waals surface area contributed by atoms with Crippen molar-refractivity contribution in [3.8, 4) is 5.75 Å². The average molecular weight is 412 g/mol. The Hall–Kier alpha value is -3.02. The lowest BCUT2D eigenvalue weighted by Gasteiger charge is -2.28. The van der Waals surface area contributed by atoms with Crippen LogP contribution in [0, 0.1) is 0 Å². The zero-order valence-electron chi connectivity index (χ0n) is 18.8. The monoisotopic (exact) mass is 411 g/mol. The van der Waals surface area contributed by atoms with E-state index < -0.39 is 5.91 Å². The molecule has 0 unspecified atom stereocenters. The van der Waals surface area contributed by atoms with E-state index >= 15 is 0 Å². The number of fused-ring (bicyclic) bond motifs is 1. The molecule has 0 aliphatic rings. The highest BCUT2D eigenvalue weighted by molar-refractivity contribution is 6.04. The molecule has 2 aromatic heterocycles.